The van der Waals surface area contributed by atoms with Gasteiger partial charge in [0.25, 0.3) is 5.91 Å². The lowest BCUT2D eigenvalue weighted by Crippen LogP contribution is -2.34. The van der Waals surface area contributed by atoms with E-state index >= 15 is 0 Å². The standard InChI is InChI=1S/C18H23N3O4/c1-2-3-12-25-17-15(22)9-11-21(19)16(17)18(23)20-10-13-24-14-7-5-4-6-8-14/h4-9,11H,2-3,10,12-13,19H2,1H3,(H,20,23). The van der Waals surface area contributed by atoms with Crippen LogP contribution in [0.1, 0.15) is 30.3 Å². The fraction of sp³-hybridized carbons (Fsp3) is 0.333. The predicted molar refractivity (Wildman–Crippen MR) is 95.5 cm³/mol. The van der Waals surface area contributed by atoms with Gasteiger partial charge in [0.05, 0.1) is 13.2 Å². The molecule has 1 aromatic carbocycles. The molecule has 0 unspecified atom stereocenters. The summed E-state index contributed by atoms with van der Waals surface area (Å²) in [5.41, 5.74) is -0.369. The van der Waals surface area contributed by atoms with Gasteiger partial charge in [-0.25, -0.2) is 0 Å². The van der Waals surface area contributed by atoms with Gasteiger partial charge in [0, 0.05) is 12.3 Å². The maximum absolute atomic E-state index is 12.4. The number of carbonyl (C=O) groups excluding carboxylic acids is 1. The zero-order valence-electron chi connectivity index (χ0n) is 14.2. The highest BCUT2D eigenvalue weighted by Crippen LogP contribution is 2.12. The molecule has 0 radical (unpaired) electrons. The summed E-state index contributed by atoms with van der Waals surface area (Å²) >= 11 is 0. The molecule has 2 rings (SSSR count). The van der Waals surface area contributed by atoms with Crippen LogP contribution in [0, 0.1) is 0 Å². The van der Waals surface area contributed by atoms with Crippen LogP contribution in [-0.2, 0) is 0 Å². The van der Waals surface area contributed by atoms with E-state index in [1.165, 1.54) is 12.3 Å². The second kappa shape index (κ2) is 9.36. The molecule has 3 N–H and O–H groups in total. The van der Waals surface area contributed by atoms with Crippen LogP contribution in [-0.4, -0.2) is 30.3 Å². The van der Waals surface area contributed by atoms with Crippen LogP contribution in [0.4, 0.5) is 0 Å². The topological polar surface area (TPSA) is 95.6 Å². The number of nitrogens with zero attached hydrogens (tertiary/aromatic N) is 1. The Hall–Kier alpha value is -2.96. The first-order valence-electron chi connectivity index (χ1n) is 8.23. The van der Waals surface area contributed by atoms with E-state index in [-0.39, 0.29) is 23.4 Å². The van der Waals surface area contributed by atoms with Crippen molar-refractivity contribution in [3.05, 3.63) is 58.5 Å². The van der Waals surface area contributed by atoms with Gasteiger partial charge in [0.15, 0.2) is 11.4 Å². The minimum atomic E-state index is -0.483. The van der Waals surface area contributed by atoms with Crippen molar-refractivity contribution in [1.82, 2.24) is 9.99 Å². The van der Waals surface area contributed by atoms with Crippen molar-refractivity contribution >= 4 is 5.91 Å². The number of rotatable bonds is 9. The van der Waals surface area contributed by atoms with Crippen LogP contribution in [0.5, 0.6) is 11.5 Å². The molecule has 0 fully saturated rings. The summed E-state index contributed by atoms with van der Waals surface area (Å²) < 4.78 is 12.1. The summed E-state index contributed by atoms with van der Waals surface area (Å²) in [4.78, 5) is 24.4. The smallest absolute Gasteiger partial charge is 0.273 e. The maximum Gasteiger partial charge on any atom is 0.273 e. The molecule has 7 heteroatoms. The zero-order chi connectivity index (χ0) is 18.1. The fourth-order valence-corrected chi connectivity index (χ4v) is 2.14. The van der Waals surface area contributed by atoms with E-state index in [2.05, 4.69) is 5.32 Å². The lowest BCUT2D eigenvalue weighted by molar-refractivity contribution is 0.0933. The van der Waals surface area contributed by atoms with Crippen LogP contribution in [0.3, 0.4) is 0 Å². The maximum atomic E-state index is 12.4. The number of para-hydroxylation sites is 1. The zero-order valence-corrected chi connectivity index (χ0v) is 14.2. The van der Waals surface area contributed by atoms with Crippen LogP contribution >= 0.6 is 0 Å². The number of nitrogens with two attached hydrogens (primary N) is 1. The van der Waals surface area contributed by atoms with Crippen molar-refractivity contribution < 1.29 is 14.3 Å². The number of nitrogens with one attached hydrogen (secondary N) is 1. The lowest BCUT2D eigenvalue weighted by atomic mass is 10.3. The lowest BCUT2D eigenvalue weighted by Gasteiger charge is -2.14. The highest BCUT2D eigenvalue weighted by atomic mass is 16.5. The third-order valence-electron chi connectivity index (χ3n) is 3.44. The Kier molecular flexibility index (Phi) is 6.88. The van der Waals surface area contributed by atoms with Gasteiger partial charge in [0.2, 0.25) is 5.43 Å². The molecule has 0 aliphatic heterocycles. The summed E-state index contributed by atoms with van der Waals surface area (Å²) in [6, 6.07) is 10.6. The van der Waals surface area contributed by atoms with Crippen LogP contribution in [0.15, 0.2) is 47.4 Å². The van der Waals surface area contributed by atoms with E-state index in [9.17, 15) is 9.59 Å². The van der Waals surface area contributed by atoms with E-state index in [1.54, 1.807) is 0 Å². The van der Waals surface area contributed by atoms with Gasteiger partial charge in [-0.05, 0) is 18.6 Å². The van der Waals surface area contributed by atoms with Gasteiger partial charge in [-0.15, -0.1) is 0 Å². The van der Waals surface area contributed by atoms with Crippen molar-refractivity contribution in [2.24, 2.45) is 0 Å². The molecule has 1 aromatic heterocycles. The molecule has 0 bridgehead atoms. The minimum absolute atomic E-state index is 0.00307. The van der Waals surface area contributed by atoms with Crippen molar-refractivity contribution in [2.45, 2.75) is 19.8 Å². The summed E-state index contributed by atoms with van der Waals surface area (Å²) in [7, 11) is 0. The van der Waals surface area contributed by atoms with Crippen molar-refractivity contribution in [3.8, 4) is 11.5 Å². The van der Waals surface area contributed by atoms with Crippen molar-refractivity contribution in [3.63, 3.8) is 0 Å². The molecule has 25 heavy (non-hydrogen) atoms. The Labute approximate surface area is 146 Å². The SMILES string of the molecule is CCCCOc1c(C(=O)NCCOc2ccccc2)n(N)ccc1=O. The van der Waals surface area contributed by atoms with Gasteiger partial charge in [-0.2, -0.15) is 0 Å². The molecule has 0 aliphatic rings. The quantitative estimate of drug-likeness (QED) is 0.531. The number of aromatic nitrogens is 1. The largest absolute Gasteiger partial charge is 0.492 e. The number of pyridine rings is 1. The molecule has 2 aromatic rings. The summed E-state index contributed by atoms with van der Waals surface area (Å²) in [5, 5.41) is 2.68. The Morgan fingerprint density at radius 2 is 1.92 bits per heavy atom. The number of nitrogen functional groups attached to an aromatic ring is 1. The predicted octanol–water partition coefficient (Wildman–Crippen LogP) is 1.55. The summed E-state index contributed by atoms with van der Waals surface area (Å²) in [6.07, 6.45) is 3.04. The van der Waals surface area contributed by atoms with E-state index < -0.39 is 5.91 Å². The van der Waals surface area contributed by atoms with Gasteiger partial charge in [0.1, 0.15) is 12.4 Å². The van der Waals surface area contributed by atoms with Gasteiger partial charge < -0.3 is 20.6 Å². The third kappa shape index (κ3) is 5.27. The Bertz CT molecular complexity index is 744. The fourth-order valence-electron chi connectivity index (χ4n) is 2.14. The molecule has 0 saturated heterocycles. The number of benzene rings is 1. The molecule has 7 nitrogen and oxygen atoms in total. The number of ether oxygens (including phenoxy) is 2. The van der Waals surface area contributed by atoms with E-state index in [0.29, 0.717) is 13.2 Å². The van der Waals surface area contributed by atoms with Crippen LogP contribution < -0.4 is 26.1 Å². The summed E-state index contributed by atoms with van der Waals surface area (Å²) in [5.74, 6) is 6.00. The average Bonchev–Trinajstić information content (AvgIpc) is 2.62. The van der Waals surface area contributed by atoms with Crippen molar-refractivity contribution in [2.75, 3.05) is 25.6 Å². The Balaban J connectivity index is 1.98. The Morgan fingerprint density at radius 1 is 1.16 bits per heavy atom. The first-order chi connectivity index (χ1) is 12.1. The number of hydrogen-bond donors (Lipinski definition) is 2. The highest BCUT2D eigenvalue weighted by molar-refractivity contribution is 5.95. The molecule has 134 valence electrons. The first-order valence-corrected chi connectivity index (χ1v) is 8.23. The van der Waals surface area contributed by atoms with Crippen LogP contribution in [0.2, 0.25) is 0 Å². The third-order valence-corrected chi connectivity index (χ3v) is 3.44. The monoisotopic (exact) mass is 345 g/mol. The molecule has 0 aliphatic carbocycles. The second-order valence-electron chi connectivity index (χ2n) is 5.38. The number of unbranched alkanes of at least 4 members (excludes halogenated alkanes) is 1. The van der Waals surface area contributed by atoms with Crippen LogP contribution in [0.25, 0.3) is 0 Å². The molecule has 0 spiro atoms. The van der Waals surface area contributed by atoms with Crippen molar-refractivity contribution in [1.29, 1.82) is 0 Å². The van der Waals surface area contributed by atoms with Gasteiger partial charge >= 0.3 is 0 Å². The number of carbonyl (C=O) groups is 1. The van der Waals surface area contributed by atoms with E-state index in [0.717, 1.165) is 23.3 Å². The van der Waals surface area contributed by atoms with Gasteiger partial charge in [-0.3, -0.25) is 14.3 Å². The van der Waals surface area contributed by atoms with Gasteiger partial charge in [-0.1, -0.05) is 31.5 Å². The number of amides is 1. The average molecular weight is 345 g/mol. The first kappa shape index (κ1) is 18.4. The van der Waals surface area contributed by atoms with E-state index in [4.69, 9.17) is 15.3 Å². The Morgan fingerprint density at radius 3 is 2.64 bits per heavy atom. The molecule has 0 atom stereocenters. The minimum Gasteiger partial charge on any atom is -0.492 e. The molecule has 0 saturated carbocycles. The summed E-state index contributed by atoms with van der Waals surface area (Å²) in [6.45, 7) is 2.93. The molecule has 1 amide bonds. The number of hydrogen-bond acceptors (Lipinski definition) is 5. The molecule has 1 heterocycles. The normalized spacial score (nSPS) is 10.3. The molecular formula is C18H23N3O4. The molecular weight excluding hydrogens is 322 g/mol. The highest BCUT2D eigenvalue weighted by Gasteiger charge is 2.19. The van der Waals surface area contributed by atoms with E-state index in [1.807, 2.05) is 37.3 Å². The second-order valence-corrected chi connectivity index (χ2v) is 5.38.